The zero-order valence-electron chi connectivity index (χ0n) is 15.7. The molecule has 0 N–H and O–H groups in total. The van der Waals surface area contributed by atoms with Gasteiger partial charge >= 0.3 is 0 Å². The van der Waals surface area contributed by atoms with E-state index in [0.717, 1.165) is 45.1 Å². The van der Waals surface area contributed by atoms with Crippen LogP contribution in [0.3, 0.4) is 0 Å². The van der Waals surface area contributed by atoms with Gasteiger partial charge in [0.2, 0.25) is 5.91 Å². The number of aromatic nitrogens is 1. The van der Waals surface area contributed by atoms with Gasteiger partial charge in [0.15, 0.2) is 5.13 Å². The Morgan fingerprint density at radius 3 is 2.85 bits per heavy atom. The minimum absolute atomic E-state index is 0.372. The van der Waals surface area contributed by atoms with Gasteiger partial charge in [-0.2, -0.15) is 0 Å². The average Bonchev–Trinajstić information content (AvgIpc) is 3.40. The standard InChI is InChI=1S/C20H30N4OS/c25-19(12-15-4-1-2-5-15)23-9-7-17-18(14-23)26-20(21-17)24-11-10-22-8-3-6-16(22)13-24/h15-16H,1-14H2/t16-/m1/s1. The summed E-state index contributed by atoms with van der Waals surface area (Å²) in [5.41, 5.74) is 1.25. The summed E-state index contributed by atoms with van der Waals surface area (Å²) in [5, 5.41) is 1.20. The topological polar surface area (TPSA) is 39.7 Å². The normalized spacial score (nSPS) is 27.0. The maximum absolute atomic E-state index is 12.7. The first-order chi connectivity index (χ1) is 12.8. The highest BCUT2D eigenvalue weighted by Crippen LogP contribution is 2.34. The van der Waals surface area contributed by atoms with E-state index < -0.39 is 0 Å². The second-order valence-electron chi connectivity index (χ2n) is 8.56. The molecule has 5 rings (SSSR count). The van der Waals surface area contributed by atoms with Crippen LogP contribution in [-0.4, -0.2) is 59.5 Å². The predicted octanol–water partition coefficient (Wildman–Crippen LogP) is 2.89. The van der Waals surface area contributed by atoms with Crippen molar-refractivity contribution in [3.05, 3.63) is 10.6 Å². The van der Waals surface area contributed by atoms with Crippen LogP contribution in [0.25, 0.3) is 0 Å². The number of thiazole rings is 1. The summed E-state index contributed by atoms with van der Waals surface area (Å²) in [6.07, 6.45) is 9.53. The second-order valence-corrected chi connectivity index (χ2v) is 9.63. The highest BCUT2D eigenvalue weighted by Gasteiger charge is 2.33. The van der Waals surface area contributed by atoms with Crippen molar-refractivity contribution in [3.8, 4) is 0 Å². The summed E-state index contributed by atoms with van der Waals surface area (Å²) in [4.78, 5) is 26.2. The van der Waals surface area contributed by atoms with E-state index in [9.17, 15) is 4.79 Å². The fraction of sp³-hybridized carbons (Fsp3) is 0.800. The largest absolute Gasteiger partial charge is 0.345 e. The fourth-order valence-corrected chi connectivity index (χ4v) is 6.44. The van der Waals surface area contributed by atoms with Gasteiger partial charge < -0.3 is 9.80 Å². The van der Waals surface area contributed by atoms with Gasteiger partial charge in [-0.1, -0.05) is 24.2 Å². The molecule has 1 saturated carbocycles. The predicted molar refractivity (Wildman–Crippen MR) is 105 cm³/mol. The van der Waals surface area contributed by atoms with Crippen LogP contribution in [0.15, 0.2) is 0 Å². The molecule has 1 amide bonds. The van der Waals surface area contributed by atoms with Crippen molar-refractivity contribution < 1.29 is 4.79 Å². The molecule has 5 nitrogen and oxygen atoms in total. The smallest absolute Gasteiger partial charge is 0.223 e. The molecule has 142 valence electrons. The van der Waals surface area contributed by atoms with Crippen LogP contribution in [0.2, 0.25) is 0 Å². The third-order valence-electron chi connectivity index (χ3n) is 6.87. The lowest BCUT2D eigenvalue weighted by Gasteiger charge is -2.37. The number of nitrogens with zero attached hydrogens (tertiary/aromatic N) is 4. The van der Waals surface area contributed by atoms with E-state index in [0.29, 0.717) is 11.8 Å². The van der Waals surface area contributed by atoms with Crippen molar-refractivity contribution in [2.75, 3.05) is 37.6 Å². The van der Waals surface area contributed by atoms with Crippen LogP contribution in [0.4, 0.5) is 5.13 Å². The SMILES string of the molecule is O=C(CC1CCCC1)N1CCc2nc(N3CCN4CCC[C@@H]4C3)sc2C1. The van der Waals surface area contributed by atoms with E-state index >= 15 is 0 Å². The van der Waals surface area contributed by atoms with Crippen molar-refractivity contribution in [1.82, 2.24) is 14.8 Å². The maximum atomic E-state index is 12.7. The molecule has 2 saturated heterocycles. The average molecular weight is 375 g/mol. The van der Waals surface area contributed by atoms with Gasteiger partial charge in [0, 0.05) is 49.9 Å². The van der Waals surface area contributed by atoms with Crippen LogP contribution in [-0.2, 0) is 17.8 Å². The van der Waals surface area contributed by atoms with Gasteiger partial charge in [0.1, 0.15) is 0 Å². The number of hydrogen-bond acceptors (Lipinski definition) is 5. The molecule has 1 aliphatic carbocycles. The summed E-state index contributed by atoms with van der Waals surface area (Å²) >= 11 is 1.84. The Kier molecular flexibility index (Phi) is 4.65. The molecular formula is C20H30N4OS. The number of rotatable bonds is 3. The Bertz CT molecular complexity index is 669. The minimum atomic E-state index is 0.372. The number of carbonyl (C=O) groups is 1. The molecule has 0 radical (unpaired) electrons. The van der Waals surface area contributed by atoms with E-state index in [4.69, 9.17) is 4.98 Å². The minimum Gasteiger partial charge on any atom is -0.345 e. The van der Waals surface area contributed by atoms with Crippen LogP contribution in [0, 0.1) is 5.92 Å². The van der Waals surface area contributed by atoms with Crippen molar-refractivity contribution in [3.63, 3.8) is 0 Å². The highest BCUT2D eigenvalue weighted by molar-refractivity contribution is 7.15. The Balaban J connectivity index is 1.23. The molecule has 1 aromatic rings. The van der Waals surface area contributed by atoms with Crippen LogP contribution >= 0.6 is 11.3 Å². The highest BCUT2D eigenvalue weighted by atomic mass is 32.1. The number of carbonyl (C=O) groups excluding carboxylic acids is 1. The van der Waals surface area contributed by atoms with E-state index in [1.54, 1.807) is 0 Å². The Morgan fingerprint density at radius 2 is 1.96 bits per heavy atom. The molecule has 3 aliphatic heterocycles. The van der Waals surface area contributed by atoms with Gasteiger partial charge in [-0.15, -0.1) is 0 Å². The number of amides is 1. The number of fused-ring (bicyclic) bond motifs is 2. The molecule has 4 heterocycles. The van der Waals surface area contributed by atoms with Gasteiger partial charge in [-0.05, 0) is 38.1 Å². The quantitative estimate of drug-likeness (QED) is 0.816. The Labute approximate surface area is 160 Å². The lowest BCUT2D eigenvalue weighted by molar-refractivity contribution is -0.133. The lowest BCUT2D eigenvalue weighted by atomic mass is 10.0. The van der Waals surface area contributed by atoms with Crippen LogP contribution < -0.4 is 4.90 Å². The zero-order chi connectivity index (χ0) is 17.5. The molecule has 6 heteroatoms. The lowest BCUT2D eigenvalue weighted by Crippen LogP contribution is -2.50. The molecule has 1 atom stereocenters. The summed E-state index contributed by atoms with van der Waals surface area (Å²) < 4.78 is 0. The van der Waals surface area contributed by atoms with Gasteiger partial charge in [-0.25, -0.2) is 4.98 Å². The third-order valence-corrected chi connectivity index (χ3v) is 8.01. The van der Waals surface area contributed by atoms with Crippen molar-refractivity contribution in [1.29, 1.82) is 0 Å². The van der Waals surface area contributed by atoms with E-state index in [-0.39, 0.29) is 0 Å². The summed E-state index contributed by atoms with van der Waals surface area (Å²) in [5.74, 6) is 1.01. The van der Waals surface area contributed by atoms with E-state index in [1.165, 1.54) is 67.3 Å². The second kappa shape index (κ2) is 7.12. The fourth-order valence-electron chi connectivity index (χ4n) is 5.29. The summed E-state index contributed by atoms with van der Waals surface area (Å²) in [6, 6.07) is 0.731. The Morgan fingerprint density at radius 1 is 1.08 bits per heavy atom. The number of piperazine rings is 1. The van der Waals surface area contributed by atoms with Crippen molar-refractivity contribution in [2.45, 2.75) is 64.0 Å². The van der Waals surface area contributed by atoms with E-state index in [2.05, 4.69) is 14.7 Å². The first-order valence-electron chi connectivity index (χ1n) is 10.5. The molecule has 4 aliphatic rings. The van der Waals surface area contributed by atoms with E-state index in [1.807, 2.05) is 11.3 Å². The molecule has 1 aromatic heterocycles. The molecule has 0 spiro atoms. The summed E-state index contributed by atoms with van der Waals surface area (Å²) in [6.45, 7) is 6.36. The number of hydrogen-bond donors (Lipinski definition) is 0. The van der Waals surface area contributed by atoms with Crippen molar-refractivity contribution >= 4 is 22.4 Å². The molecule has 0 aromatic carbocycles. The monoisotopic (exact) mass is 374 g/mol. The van der Waals surface area contributed by atoms with Gasteiger partial charge in [0.25, 0.3) is 0 Å². The zero-order valence-corrected chi connectivity index (χ0v) is 16.5. The first-order valence-corrected chi connectivity index (χ1v) is 11.3. The van der Waals surface area contributed by atoms with Crippen molar-refractivity contribution in [2.24, 2.45) is 5.92 Å². The molecular weight excluding hydrogens is 344 g/mol. The number of anilines is 1. The molecule has 26 heavy (non-hydrogen) atoms. The first kappa shape index (κ1) is 17.0. The van der Waals surface area contributed by atoms with Crippen LogP contribution in [0.5, 0.6) is 0 Å². The Hall–Kier alpha value is -1.14. The van der Waals surface area contributed by atoms with Gasteiger partial charge in [0.05, 0.1) is 12.2 Å². The molecule has 0 bridgehead atoms. The maximum Gasteiger partial charge on any atom is 0.223 e. The summed E-state index contributed by atoms with van der Waals surface area (Å²) in [7, 11) is 0. The molecule has 3 fully saturated rings. The van der Waals surface area contributed by atoms with Gasteiger partial charge in [-0.3, -0.25) is 9.69 Å². The third kappa shape index (κ3) is 3.26. The van der Waals surface area contributed by atoms with Crippen LogP contribution in [0.1, 0.15) is 55.5 Å². The molecule has 0 unspecified atom stereocenters.